The monoisotopic (exact) mass is 473 g/mol. The van der Waals surface area contributed by atoms with Crippen molar-refractivity contribution in [2.24, 2.45) is 0 Å². The van der Waals surface area contributed by atoms with E-state index in [1.807, 2.05) is 30.5 Å². The highest BCUT2D eigenvalue weighted by Gasteiger charge is 2.51. The van der Waals surface area contributed by atoms with Gasteiger partial charge in [0.15, 0.2) is 11.5 Å². The van der Waals surface area contributed by atoms with Gasteiger partial charge < -0.3 is 9.31 Å². The van der Waals surface area contributed by atoms with Crippen LogP contribution in [0.25, 0.3) is 39.3 Å². The van der Waals surface area contributed by atoms with Crippen LogP contribution in [0.15, 0.2) is 97.2 Å². The molecule has 2 aromatic heterocycles. The van der Waals surface area contributed by atoms with E-state index in [9.17, 15) is 0 Å². The lowest BCUT2D eigenvalue weighted by Gasteiger charge is -2.32. The Morgan fingerprint density at radius 2 is 1.22 bits per heavy atom. The molecule has 0 bridgehead atoms. The molecule has 0 atom stereocenters. The Labute approximate surface area is 211 Å². The van der Waals surface area contributed by atoms with E-state index in [2.05, 4.69) is 105 Å². The molecule has 1 saturated heterocycles. The van der Waals surface area contributed by atoms with Crippen LogP contribution < -0.4 is 5.46 Å². The molecule has 6 heteroatoms. The van der Waals surface area contributed by atoms with Crippen LogP contribution in [0.1, 0.15) is 27.7 Å². The average Bonchev–Trinajstić information content (AvgIpc) is 3.42. The molecule has 1 fully saturated rings. The van der Waals surface area contributed by atoms with Gasteiger partial charge in [-0.15, -0.1) is 5.10 Å². The summed E-state index contributed by atoms with van der Waals surface area (Å²) in [5.74, 6) is 0.724. The van der Waals surface area contributed by atoms with E-state index in [1.54, 1.807) is 4.52 Å². The molecule has 0 amide bonds. The van der Waals surface area contributed by atoms with Gasteiger partial charge in [0.1, 0.15) is 0 Å². The Morgan fingerprint density at radius 3 is 1.86 bits per heavy atom. The normalized spacial score (nSPS) is 16.5. The zero-order chi connectivity index (χ0) is 24.9. The number of hydrogen-bond donors (Lipinski definition) is 0. The van der Waals surface area contributed by atoms with E-state index in [0.29, 0.717) is 0 Å². The van der Waals surface area contributed by atoms with Crippen molar-refractivity contribution in [1.29, 1.82) is 0 Å². The van der Waals surface area contributed by atoms with Crippen LogP contribution in [0, 0.1) is 0 Å². The maximum absolute atomic E-state index is 6.19. The highest BCUT2D eigenvalue weighted by atomic mass is 16.7. The molecule has 6 rings (SSSR count). The first-order valence-corrected chi connectivity index (χ1v) is 12.3. The van der Waals surface area contributed by atoms with Crippen LogP contribution in [0.2, 0.25) is 0 Å². The number of fused-ring (bicyclic) bond motifs is 1. The molecule has 1 aliphatic heterocycles. The number of pyridine rings is 1. The largest absolute Gasteiger partial charge is 0.494 e. The van der Waals surface area contributed by atoms with Gasteiger partial charge in [-0.2, -0.15) is 0 Å². The zero-order valence-corrected chi connectivity index (χ0v) is 21.0. The van der Waals surface area contributed by atoms with Crippen molar-refractivity contribution >= 4 is 18.2 Å². The van der Waals surface area contributed by atoms with Crippen molar-refractivity contribution < 1.29 is 9.31 Å². The van der Waals surface area contributed by atoms with Crippen molar-refractivity contribution in [2.75, 3.05) is 0 Å². The minimum Gasteiger partial charge on any atom is -0.399 e. The topological polar surface area (TPSA) is 48.7 Å². The van der Waals surface area contributed by atoms with Crippen LogP contribution in [-0.4, -0.2) is 32.9 Å². The highest BCUT2D eigenvalue weighted by Crippen LogP contribution is 2.36. The molecule has 0 radical (unpaired) electrons. The summed E-state index contributed by atoms with van der Waals surface area (Å²) in [6.45, 7) is 8.30. The van der Waals surface area contributed by atoms with E-state index < -0.39 is 0 Å². The average molecular weight is 473 g/mol. The first-order valence-electron chi connectivity index (χ1n) is 12.3. The Morgan fingerprint density at radius 1 is 0.639 bits per heavy atom. The highest BCUT2D eigenvalue weighted by molar-refractivity contribution is 6.62. The second-order valence-corrected chi connectivity index (χ2v) is 10.3. The van der Waals surface area contributed by atoms with Crippen LogP contribution in [0.5, 0.6) is 0 Å². The van der Waals surface area contributed by atoms with Crippen LogP contribution in [0.4, 0.5) is 0 Å². The third-order valence-corrected chi connectivity index (χ3v) is 7.35. The molecule has 0 N–H and O–H groups in total. The van der Waals surface area contributed by atoms with E-state index in [4.69, 9.17) is 9.31 Å². The van der Waals surface area contributed by atoms with Gasteiger partial charge in [-0.25, -0.2) is 9.50 Å². The molecular formula is C30H28BN3O2. The molecule has 1 aliphatic rings. The van der Waals surface area contributed by atoms with Crippen molar-refractivity contribution in [3.8, 4) is 33.6 Å². The van der Waals surface area contributed by atoms with Gasteiger partial charge >= 0.3 is 7.12 Å². The minimum absolute atomic E-state index is 0.343. The number of benzene rings is 3. The van der Waals surface area contributed by atoms with E-state index in [1.165, 1.54) is 0 Å². The Hall–Kier alpha value is -3.74. The van der Waals surface area contributed by atoms with E-state index in [0.717, 1.165) is 44.8 Å². The summed E-state index contributed by atoms with van der Waals surface area (Å²) in [6, 6.07) is 31.3. The molecule has 36 heavy (non-hydrogen) atoms. The molecule has 0 aliphatic carbocycles. The first-order chi connectivity index (χ1) is 17.3. The predicted octanol–water partition coefficient (Wildman–Crippen LogP) is 6.03. The maximum atomic E-state index is 6.19. The number of rotatable bonds is 4. The smallest absolute Gasteiger partial charge is 0.399 e. The fourth-order valence-corrected chi connectivity index (χ4v) is 4.46. The number of hydrogen-bond acceptors (Lipinski definition) is 4. The summed E-state index contributed by atoms with van der Waals surface area (Å²) >= 11 is 0. The van der Waals surface area contributed by atoms with Crippen molar-refractivity contribution in [3.63, 3.8) is 0 Å². The molecule has 0 spiro atoms. The van der Waals surface area contributed by atoms with Gasteiger partial charge in [0.2, 0.25) is 0 Å². The SMILES string of the molecule is CC1(C)OB(c2ccc(-c3ccc(-c4cccc(-c5nc6ccccn6n5)c4)cc3)cc2)OC1(C)C. The summed E-state index contributed by atoms with van der Waals surface area (Å²) in [5.41, 5.74) is 6.79. The fourth-order valence-electron chi connectivity index (χ4n) is 4.46. The quantitative estimate of drug-likeness (QED) is 0.299. The van der Waals surface area contributed by atoms with Gasteiger partial charge in [-0.1, -0.05) is 72.8 Å². The van der Waals surface area contributed by atoms with Gasteiger partial charge in [-0.05, 0) is 73.6 Å². The molecule has 0 saturated carbocycles. The van der Waals surface area contributed by atoms with Crippen LogP contribution in [0.3, 0.4) is 0 Å². The minimum atomic E-state index is -0.346. The molecule has 5 aromatic rings. The molecule has 0 unspecified atom stereocenters. The summed E-state index contributed by atoms with van der Waals surface area (Å²) in [4.78, 5) is 4.66. The maximum Gasteiger partial charge on any atom is 0.494 e. The standard InChI is InChI=1S/C30H28BN3O2/c1-29(2)30(3,4)36-31(35-29)26-17-15-22(16-18-26)21-11-13-23(14-12-21)24-8-7-9-25(20-24)28-32-27-10-5-6-19-34(27)33-28/h5-20H,1-4H3. The Balaban J connectivity index is 1.22. The third kappa shape index (κ3) is 4.02. The first kappa shape index (κ1) is 22.7. The van der Waals surface area contributed by atoms with Gasteiger partial charge in [0, 0.05) is 11.8 Å². The fraction of sp³-hybridized carbons (Fsp3) is 0.200. The second-order valence-electron chi connectivity index (χ2n) is 10.3. The number of aromatic nitrogens is 3. The van der Waals surface area contributed by atoms with E-state index in [-0.39, 0.29) is 18.3 Å². The zero-order valence-electron chi connectivity index (χ0n) is 21.0. The van der Waals surface area contributed by atoms with Crippen molar-refractivity contribution in [2.45, 2.75) is 38.9 Å². The van der Waals surface area contributed by atoms with E-state index >= 15 is 0 Å². The number of nitrogens with zero attached hydrogens (tertiary/aromatic N) is 3. The van der Waals surface area contributed by atoms with Gasteiger partial charge in [0.25, 0.3) is 0 Å². The van der Waals surface area contributed by atoms with Crippen LogP contribution in [-0.2, 0) is 9.31 Å². The van der Waals surface area contributed by atoms with Crippen LogP contribution >= 0.6 is 0 Å². The van der Waals surface area contributed by atoms with Crippen molar-refractivity contribution in [3.05, 3.63) is 97.2 Å². The van der Waals surface area contributed by atoms with Gasteiger partial charge in [0.05, 0.1) is 11.2 Å². The van der Waals surface area contributed by atoms with Crippen molar-refractivity contribution in [1.82, 2.24) is 14.6 Å². The summed E-state index contributed by atoms with van der Waals surface area (Å²) in [6.07, 6.45) is 1.91. The van der Waals surface area contributed by atoms with Gasteiger partial charge in [-0.3, -0.25) is 0 Å². The second kappa shape index (κ2) is 8.44. The lowest BCUT2D eigenvalue weighted by atomic mass is 9.78. The molecular weight excluding hydrogens is 445 g/mol. The summed E-state index contributed by atoms with van der Waals surface area (Å²) < 4.78 is 14.2. The lowest BCUT2D eigenvalue weighted by molar-refractivity contribution is 0.00578. The Bertz CT molecular complexity index is 1490. The molecule has 178 valence electrons. The third-order valence-electron chi connectivity index (χ3n) is 7.35. The molecule has 3 aromatic carbocycles. The Kier molecular flexibility index (Phi) is 5.32. The predicted molar refractivity (Wildman–Crippen MR) is 145 cm³/mol. The summed E-state index contributed by atoms with van der Waals surface area (Å²) in [5, 5.41) is 4.61. The molecule has 5 nitrogen and oxygen atoms in total. The summed E-state index contributed by atoms with van der Waals surface area (Å²) in [7, 11) is -0.346. The lowest BCUT2D eigenvalue weighted by Crippen LogP contribution is -2.41. The molecule has 3 heterocycles.